The summed E-state index contributed by atoms with van der Waals surface area (Å²) < 4.78 is 14.0. The summed E-state index contributed by atoms with van der Waals surface area (Å²) in [6.07, 6.45) is 5.40. The number of hydrogen-bond acceptors (Lipinski definition) is 5. The Balaban J connectivity index is 2.01. The Labute approximate surface area is 137 Å². The van der Waals surface area contributed by atoms with Gasteiger partial charge in [0.2, 0.25) is 0 Å². The Morgan fingerprint density at radius 3 is 3.04 bits per heavy atom. The summed E-state index contributed by atoms with van der Waals surface area (Å²) in [7, 11) is 0. The van der Waals surface area contributed by atoms with E-state index in [1.165, 1.54) is 18.3 Å². The molecule has 0 aliphatic carbocycles. The second-order valence-corrected chi connectivity index (χ2v) is 6.37. The van der Waals surface area contributed by atoms with Gasteiger partial charge in [-0.3, -0.25) is 4.98 Å². The molecule has 2 aromatic rings. The van der Waals surface area contributed by atoms with Crippen molar-refractivity contribution in [3.8, 4) is 11.4 Å². The maximum absolute atomic E-state index is 14.0. The monoisotopic (exact) mass is 333 g/mol. The van der Waals surface area contributed by atoms with E-state index in [0.29, 0.717) is 11.0 Å². The third kappa shape index (κ3) is 3.10. The standard InChI is InChI=1S/C16H16FN3O2S/c1-2-10-5-4-8-20(9-10)16-19-13(14(23-16)15(21)22)12-11(17)6-3-7-18-12/h2-3,6-7,10H,1,4-5,8-9H2,(H,21,22). The molecule has 1 aliphatic rings. The fourth-order valence-electron chi connectivity index (χ4n) is 2.69. The first kappa shape index (κ1) is 15.6. The first-order valence-electron chi connectivity index (χ1n) is 7.32. The van der Waals surface area contributed by atoms with Gasteiger partial charge in [-0.15, -0.1) is 6.58 Å². The molecule has 2 aromatic heterocycles. The molecule has 1 fully saturated rings. The molecule has 5 nitrogen and oxygen atoms in total. The zero-order valence-corrected chi connectivity index (χ0v) is 13.2. The molecule has 1 aliphatic heterocycles. The Morgan fingerprint density at radius 2 is 2.35 bits per heavy atom. The highest BCUT2D eigenvalue weighted by Gasteiger charge is 2.26. The molecule has 1 unspecified atom stereocenters. The summed E-state index contributed by atoms with van der Waals surface area (Å²) in [5.41, 5.74) is 0.0704. The zero-order chi connectivity index (χ0) is 16.4. The van der Waals surface area contributed by atoms with Crippen LogP contribution in [0.4, 0.5) is 9.52 Å². The van der Waals surface area contributed by atoms with Crippen LogP contribution in [-0.4, -0.2) is 34.1 Å². The highest BCUT2D eigenvalue weighted by Crippen LogP contribution is 2.35. The van der Waals surface area contributed by atoms with Crippen LogP contribution in [0.15, 0.2) is 31.0 Å². The zero-order valence-electron chi connectivity index (χ0n) is 12.4. The largest absolute Gasteiger partial charge is 0.477 e. The van der Waals surface area contributed by atoms with Gasteiger partial charge in [-0.2, -0.15) is 0 Å². The summed E-state index contributed by atoms with van der Waals surface area (Å²) in [6.45, 7) is 5.38. The van der Waals surface area contributed by atoms with Gasteiger partial charge in [0, 0.05) is 19.3 Å². The van der Waals surface area contributed by atoms with Crippen molar-refractivity contribution in [1.29, 1.82) is 0 Å². The van der Waals surface area contributed by atoms with Crippen LogP contribution in [0.5, 0.6) is 0 Å². The van der Waals surface area contributed by atoms with Gasteiger partial charge in [-0.05, 0) is 30.9 Å². The molecule has 1 N–H and O–H groups in total. The van der Waals surface area contributed by atoms with E-state index in [-0.39, 0.29) is 16.3 Å². The molecule has 0 saturated carbocycles. The lowest BCUT2D eigenvalue weighted by atomic mass is 9.99. The lowest BCUT2D eigenvalue weighted by Gasteiger charge is -2.30. The van der Waals surface area contributed by atoms with Crippen LogP contribution < -0.4 is 4.90 Å². The molecular formula is C16H16FN3O2S. The van der Waals surface area contributed by atoms with Crippen LogP contribution >= 0.6 is 11.3 Å². The fourth-order valence-corrected chi connectivity index (χ4v) is 3.63. The maximum Gasteiger partial charge on any atom is 0.348 e. The predicted octanol–water partition coefficient (Wildman–Crippen LogP) is 3.44. The van der Waals surface area contributed by atoms with Crippen molar-refractivity contribution in [3.63, 3.8) is 0 Å². The second-order valence-electron chi connectivity index (χ2n) is 5.40. The predicted molar refractivity (Wildman–Crippen MR) is 87.4 cm³/mol. The van der Waals surface area contributed by atoms with Crippen molar-refractivity contribution in [3.05, 3.63) is 41.7 Å². The minimum atomic E-state index is -1.12. The van der Waals surface area contributed by atoms with Crippen molar-refractivity contribution in [1.82, 2.24) is 9.97 Å². The molecule has 1 atom stereocenters. The van der Waals surface area contributed by atoms with Gasteiger partial charge in [0.05, 0.1) is 0 Å². The third-order valence-electron chi connectivity index (χ3n) is 3.85. The maximum atomic E-state index is 14.0. The lowest BCUT2D eigenvalue weighted by Crippen LogP contribution is -2.34. The van der Waals surface area contributed by atoms with Crippen LogP contribution in [0.3, 0.4) is 0 Å². The molecule has 0 bridgehead atoms. The van der Waals surface area contributed by atoms with E-state index in [4.69, 9.17) is 0 Å². The summed E-state index contributed by atoms with van der Waals surface area (Å²) >= 11 is 1.06. The normalized spacial score (nSPS) is 18.0. The van der Waals surface area contributed by atoms with Crippen molar-refractivity contribution in [2.75, 3.05) is 18.0 Å². The quantitative estimate of drug-likeness (QED) is 0.868. The SMILES string of the molecule is C=CC1CCCN(c2nc(-c3ncccc3F)c(C(=O)O)s2)C1. The van der Waals surface area contributed by atoms with E-state index in [1.807, 2.05) is 11.0 Å². The number of thiazole rings is 1. The Bertz CT molecular complexity index is 747. The van der Waals surface area contributed by atoms with Gasteiger partial charge in [0.25, 0.3) is 0 Å². The number of nitrogens with zero attached hydrogens (tertiary/aromatic N) is 3. The average molecular weight is 333 g/mol. The van der Waals surface area contributed by atoms with E-state index in [1.54, 1.807) is 0 Å². The summed E-state index contributed by atoms with van der Waals surface area (Å²) in [5, 5.41) is 10.0. The molecule has 0 aromatic carbocycles. The number of carboxylic acids is 1. The Hall–Kier alpha value is -2.28. The van der Waals surface area contributed by atoms with Gasteiger partial charge in [-0.1, -0.05) is 17.4 Å². The van der Waals surface area contributed by atoms with Crippen molar-refractivity contribution in [2.24, 2.45) is 5.92 Å². The van der Waals surface area contributed by atoms with E-state index in [9.17, 15) is 14.3 Å². The topological polar surface area (TPSA) is 66.3 Å². The number of rotatable bonds is 4. The minimum Gasteiger partial charge on any atom is -0.477 e. The highest BCUT2D eigenvalue weighted by molar-refractivity contribution is 7.17. The highest BCUT2D eigenvalue weighted by atomic mass is 32.1. The molecule has 23 heavy (non-hydrogen) atoms. The van der Waals surface area contributed by atoms with E-state index in [0.717, 1.165) is 37.3 Å². The van der Waals surface area contributed by atoms with E-state index >= 15 is 0 Å². The number of hydrogen-bond donors (Lipinski definition) is 1. The first-order chi connectivity index (χ1) is 11.1. The smallest absolute Gasteiger partial charge is 0.348 e. The molecule has 0 amide bonds. The van der Waals surface area contributed by atoms with Crippen LogP contribution in [0.2, 0.25) is 0 Å². The van der Waals surface area contributed by atoms with Gasteiger partial charge in [0.15, 0.2) is 10.9 Å². The van der Waals surface area contributed by atoms with Crippen molar-refractivity contribution >= 4 is 22.4 Å². The minimum absolute atomic E-state index is 0.0123. The number of halogens is 1. The number of anilines is 1. The van der Waals surface area contributed by atoms with Crippen LogP contribution in [0.25, 0.3) is 11.4 Å². The molecular weight excluding hydrogens is 317 g/mol. The molecule has 120 valence electrons. The van der Waals surface area contributed by atoms with Crippen LogP contribution in [0.1, 0.15) is 22.5 Å². The van der Waals surface area contributed by atoms with E-state index < -0.39 is 11.8 Å². The molecule has 0 spiro atoms. The van der Waals surface area contributed by atoms with Crippen LogP contribution in [0, 0.1) is 11.7 Å². The number of pyridine rings is 1. The summed E-state index contributed by atoms with van der Waals surface area (Å²) in [4.78, 5) is 21.9. The average Bonchev–Trinajstić information content (AvgIpc) is 3.01. The molecule has 0 radical (unpaired) electrons. The Kier molecular flexibility index (Phi) is 4.38. The number of carboxylic acid groups (broad SMARTS) is 1. The van der Waals surface area contributed by atoms with Gasteiger partial charge < -0.3 is 10.0 Å². The second kappa shape index (κ2) is 6.45. The lowest BCUT2D eigenvalue weighted by molar-refractivity contribution is 0.0702. The van der Waals surface area contributed by atoms with Gasteiger partial charge in [-0.25, -0.2) is 14.2 Å². The van der Waals surface area contributed by atoms with Gasteiger partial charge in [0.1, 0.15) is 16.3 Å². The molecule has 1 saturated heterocycles. The number of carbonyl (C=O) groups is 1. The summed E-state index contributed by atoms with van der Waals surface area (Å²) in [6, 6.07) is 2.72. The molecule has 7 heteroatoms. The first-order valence-corrected chi connectivity index (χ1v) is 8.14. The van der Waals surface area contributed by atoms with E-state index in [2.05, 4.69) is 16.5 Å². The van der Waals surface area contributed by atoms with Crippen molar-refractivity contribution in [2.45, 2.75) is 12.8 Å². The Morgan fingerprint density at radius 1 is 1.52 bits per heavy atom. The third-order valence-corrected chi connectivity index (χ3v) is 4.96. The summed E-state index contributed by atoms with van der Waals surface area (Å²) in [5.74, 6) is -1.34. The molecule has 3 rings (SSSR count). The fraction of sp³-hybridized carbons (Fsp3) is 0.312. The van der Waals surface area contributed by atoms with Crippen molar-refractivity contribution < 1.29 is 14.3 Å². The van der Waals surface area contributed by atoms with Crippen LogP contribution in [-0.2, 0) is 0 Å². The number of aromatic carboxylic acids is 1. The number of aromatic nitrogens is 2. The number of piperidine rings is 1. The van der Waals surface area contributed by atoms with Gasteiger partial charge >= 0.3 is 5.97 Å². The molecule has 3 heterocycles.